The highest BCUT2D eigenvalue weighted by Crippen LogP contribution is 2.19. The summed E-state index contributed by atoms with van der Waals surface area (Å²) in [6, 6.07) is 8.29. The fourth-order valence-electron chi connectivity index (χ4n) is 2.23. The molecule has 1 aliphatic heterocycles. The van der Waals surface area contributed by atoms with Crippen LogP contribution in [0.15, 0.2) is 24.3 Å². The van der Waals surface area contributed by atoms with Crippen LogP contribution in [0, 0.1) is 5.92 Å². The molecule has 1 fully saturated rings. The number of rotatable bonds is 3. The largest absolute Gasteiger partial charge is 0.399 e. The van der Waals surface area contributed by atoms with Crippen molar-refractivity contribution in [3.8, 4) is 0 Å². The quantitative estimate of drug-likeness (QED) is 0.741. The lowest BCUT2D eigenvalue weighted by molar-refractivity contribution is 0.354. The summed E-state index contributed by atoms with van der Waals surface area (Å²) in [6.07, 6.45) is 5.21. The summed E-state index contributed by atoms with van der Waals surface area (Å²) in [5, 5.41) is 3.40. The number of hydrogen-bond acceptors (Lipinski definition) is 2. The molecule has 0 aliphatic carbocycles. The number of hydrogen-bond donors (Lipinski definition) is 2. The Morgan fingerprint density at radius 2 is 1.80 bits per heavy atom. The van der Waals surface area contributed by atoms with Crippen molar-refractivity contribution in [1.29, 1.82) is 0 Å². The highest BCUT2D eigenvalue weighted by Gasteiger charge is 2.12. The number of nitrogens with two attached hydrogens (primary N) is 1. The van der Waals surface area contributed by atoms with Crippen molar-refractivity contribution in [1.82, 2.24) is 5.32 Å². The van der Waals surface area contributed by atoms with E-state index in [1.807, 2.05) is 12.1 Å². The van der Waals surface area contributed by atoms with Crippen LogP contribution in [0.4, 0.5) is 5.69 Å². The van der Waals surface area contributed by atoms with E-state index < -0.39 is 0 Å². The van der Waals surface area contributed by atoms with Crippen LogP contribution < -0.4 is 11.1 Å². The van der Waals surface area contributed by atoms with Gasteiger partial charge in [0.05, 0.1) is 0 Å². The number of nitrogens with one attached hydrogen (secondary N) is 1. The van der Waals surface area contributed by atoms with Gasteiger partial charge in [-0.2, -0.15) is 0 Å². The summed E-state index contributed by atoms with van der Waals surface area (Å²) >= 11 is 0. The lowest BCUT2D eigenvalue weighted by Crippen LogP contribution is -2.27. The van der Waals surface area contributed by atoms with E-state index in [0.717, 1.165) is 11.6 Å². The molecule has 82 valence electrons. The van der Waals surface area contributed by atoms with E-state index in [0.29, 0.717) is 0 Å². The van der Waals surface area contributed by atoms with Gasteiger partial charge in [-0.3, -0.25) is 0 Å². The van der Waals surface area contributed by atoms with Gasteiger partial charge >= 0.3 is 0 Å². The standard InChI is InChI=1S/C13H20N2/c14-13-5-3-11(4-6-13)1-2-12-7-9-15-10-8-12/h3-6,12,15H,1-2,7-10,14H2. The summed E-state index contributed by atoms with van der Waals surface area (Å²) in [7, 11) is 0. The van der Waals surface area contributed by atoms with Gasteiger partial charge in [0.1, 0.15) is 0 Å². The van der Waals surface area contributed by atoms with E-state index in [1.165, 1.54) is 44.3 Å². The van der Waals surface area contributed by atoms with Gasteiger partial charge in [-0.25, -0.2) is 0 Å². The second kappa shape index (κ2) is 5.17. The topological polar surface area (TPSA) is 38.0 Å². The zero-order valence-corrected chi connectivity index (χ0v) is 9.21. The molecule has 2 nitrogen and oxygen atoms in total. The van der Waals surface area contributed by atoms with E-state index in [4.69, 9.17) is 5.73 Å². The fraction of sp³-hybridized carbons (Fsp3) is 0.538. The molecule has 2 rings (SSSR count). The second-order valence-corrected chi connectivity index (χ2v) is 4.47. The highest BCUT2D eigenvalue weighted by atomic mass is 14.9. The van der Waals surface area contributed by atoms with Crippen LogP contribution in [-0.4, -0.2) is 13.1 Å². The zero-order valence-electron chi connectivity index (χ0n) is 9.21. The molecule has 0 radical (unpaired) electrons. The molecule has 0 amide bonds. The molecule has 15 heavy (non-hydrogen) atoms. The summed E-state index contributed by atoms with van der Waals surface area (Å²) in [4.78, 5) is 0. The van der Waals surface area contributed by atoms with Gasteiger partial charge in [0.15, 0.2) is 0 Å². The van der Waals surface area contributed by atoms with Crippen LogP contribution in [0.1, 0.15) is 24.8 Å². The SMILES string of the molecule is Nc1ccc(CCC2CCNCC2)cc1. The molecular weight excluding hydrogens is 184 g/mol. The average molecular weight is 204 g/mol. The molecule has 1 heterocycles. The summed E-state index contributed by atoms with van der Waals surface area (Å²) < 4.78 is 0. The molecule has 1 aromatic rings. The fourth-order valence-corrected chi connectivity index (χ4v) is 2.23. The summed E-state index contributed by atoms with van der Waals surface area (Å²) in [6.45, 7) is 2.40. The number of benzene rings is 1. The Hall–Kier alpha value is -1.02. The molecule has 0 atom stereocenters. The third-order valence-corrected chi connectivity index (χ3v) is 3.28. The molecular formula is C13H20N2. The van der Waals surface area contributed by atoms with Gasteiger partial charge in [0.2, 0.25) is 0 Å². The molecule has 0 unspecified atom stereocenters. The first-order valence-corrected chi connectivity index (χ1v) is 5.90. The van der Waals surface area contributed by atoms with Crippen molar-refractivity contribution in [3.63, 3.8) is 0 Å². The molecule has 2 heteroatoms. The monoisotopic (exact) mass is 204 g/mol. The van der Waals surface area contributed by atoms with Gasteiger partial charge in [0.25, 0.3) is 0 Å². The van der Waals surface area contributed by atoms with Crippen molar-refractivity contribution >= 4 is 5.69 Å². The van der Waals surface area contributed by atoms with Gasteiger partial charge in [-0.05, 0) is 62.4 Å². The predicted molar refractivity (Wildman–Crippen MR) is 64.8 cm³/mol. The van der Waals surface area contributed by atoms with Gasteiger partial charge in [-0.1, -0.05) is 12.1 Å². The number of nitrogen functional groups attached to an aromatic ring is 1. The molecule has 0 bridgehead atoms. The first-order chi connectivity index (χ1) is 7.34. The minimum atomic E-state index is 0.862. The Morgan fingerprint density at radius 1 is 1.13 bits per heavy atom. The lowest BCUT2D eigenvalue weighted by atomic mass is 9.91. The highest BCUT2D eigenvalue weighted by molar-refractivity contribution is 5.39. The van der Waals surface area contributed by atoms with Crippen LogP contribution in [0.25, 0.3) is 0 Å². The smallest absolute Gasteiger partial charge is 0.0314 e. The predicted octanol–water partition coefficient (Wildman–Crippen LogP) is 2.20. The molecule has 1 saturated heterocycles. The van der Waals surface area contributed by atoms with Crippen LogP contribution >= 0.6 is 0 Å². The number of anilines is 1. The van der Waals surface area contributed by atoms with Crippen molar-refractivity contribution in [2.24, 2.45) is 5.92 Å². The third-order valence-electron chi connectivity index (χ3n) is 3.28. The van der Waals surface area contributed by atoms with E-state index in [9.17, 15) is 0 Å². The minimum absolute atomic E-state index is 0.862. The first kappa shape index (κ1) is 10.5. The van der Waals surface area contributed by atoms with Gasteiger partial charge in [0, 0.05) is 5.69 Å². The summed E-state index contributed by atoms with van der Waals surface area (Å²) in [5.74, 6) is 0.920. The zero-order chi connectivity index (χ0) is 10.5. The van der Waals surface area contributed by atoms with E-state index >= 15 is 0 Å². The van der Waals surface area contributed by atoms with E-state index in [-0.39, 0.29) is 0 Å². The van der Waals surface area contributed by atoms with Crippen LogP contribution in [0.2, 0.25) is 0 Å². The maximum Gasteiger partial charge on any atom is 0.0314 e. The minimum Gasteiger partial charge on any atom is -0.399 e. The Bertz CT molecular complexity index is 286. The van der Waals surface area contributed by atoms with Crippen LogP contribution in [0.3, 0.4) is 0 Å². The molecule has 0 spiro atoms. The van der Waals surface area contributed by atoms with Gasteiger partial charge in [-0.15, -0.1) is 0 Å². The number of aryl methyl sites for hydroxylation is 1. The summed E-state index contributed by atoms with van der Waals surface area (Å²) in [5.41, 5.74) is 7.94. The van der Waals surface area contributed by atoms with Crippen molar-refractivity contribution in [3.05, 3.63) is 29.8 Å². The molecule has 1 aliphatic rings. The Balaban J connectivity index is 1.79. The Labute approximate surface area is 91.9 Å². The van der Waals surface area contributed by atoms with E-state index in [2.05, 4.69) is 17.4 Å². The third kappa shape index (κ3) is 3.24. The normalized spacial score (nSPS) is 17.9. The number of piperidine rings is 1. The van der Waals surface area contributed by atoms with Crippen molar-refractivity contribution in [2.45, 2.75) is 25.7 Å². The lowest BCUT2D eigenvalue weighted by Gasteiger charge is -2.22. The average Bonchev–Trinajstić information content (AvgIpc) is 2.30. The molecule has 3 N–H and O–H groups in total. The molecule has 1 aromatic carbocycles. The Kier molecular flexibility index (Phi) is 3.62. The van der Waals surface area contributed by atoms with Crippen molar-refractivity contribution < 1.29 is 0 Å². The van der Waals surface area contributed by atoms with Crippen LogP contribution in [-0.2, 0) is 6.42 Å². The second-order valence-electron chi connectivity index (χ2n) is 4.47. The van der Waals surface area contributed by atoms with Crippen molar-refractivity contribution in [2.75, 3.05) is 18.8 Å². The molecule has 0 aromatic heterocycles. The maximum atomic E-state index is 5.66. The molecule has 0 saturated carbocycles. The first-order valence-electron chi connectivity index (χ1n) is 5.90. The Morgan fingerprint density at radius 3 is 2.47 bits per heavy atom. The maximum absolute atomic E-state index is 5.66. The van der Waals surface area contributed by atoms with Gasteiger partial charge < -0.3 is 11.1 Å². The van der Waals surface area contributed by atoms with Crippen LogP contribution in [0.5, 0.6) is 0 Å². The van der Waals surface area contributed by atoms with E-state index in [1.54, 1.807) is 0 Å².